The smallest absolute Gasteiger partial charge is 0.325 e. The van der Waals surface area contributed by atoms with Gasteiger partial charge in [0.2, 0.25) is 0 Å². The fraction of sp³-hybridized carbons (Fsp3) is 0.579. The lowest BCUT2D eigenvalue weighted by Gasteiger charge is -2.36. The van der Waals surface area contributed by atoms with Gasteiger partial charge in [0.1, 0.15) is 23.6 Å². The molecule has 2 aliphatic rings. The Hall–Kier alpha value is -2.24. The minimum atomic E-state index is -0.700. The molecule has 3 amide bonds. The number of nitrogens with zero attached hydrogens (tertiary/aromatic N) is 1. The van der Waals surface area contributed by atoms with Crippen molar-refractivity contribution >= 4 is 11.9 Å². The van der Waals surface area contributed by atoms with E-state index in [1.807, 2.05) is 31.2 Å². The monoisotopic (exact) mass is 346 g/mol. The van der Waals surface area contributed by atoms with Crippen LogP contribution in [-0.4, -0.2) is 42.1 Å². The molecule has 3 rings (SSSR count). The Bertz CT molecular complexity index is 631. The van der Waals surface area contributed by atoms with E-state index in [2.05, 4.69) is 12.2 Å². The molecule has 1 saturated carbocycles. The van der Waals surface area contributed by atoms with Crippen LogP contribution >= 0.6 is 0 Å². The minimum absolute atomic E-state index is 0.0972. The molecule has 1 saturated heterocycles. The lowest BCUT2D eigenvalue weighted by atomic mass is 9.73. The van der Waals surface area contributed by atoms with Gasteiger partial charge in [0.15, 0.2) is 0 Å². The summed E-state index contributed by atoms with van der Waals surface area (Å²) in [5, 5.41) is 2.95. The van der Waals surface area contributed by atoms with Crippen LogP contribution in [0.4, 0.5) is 4.79 Å². The Balaban J connectivity index is 1.56. The normalized spacial score (nSPS) is 26.0. The van der Waals surface area contributed by atoms with Crippen LogP contribution in [0.5, 0.6) is 11.5 Å². The summed E-state index contributed by atoms with van der Waals surface area (Å²) >= 11 is 0. The first-order chi connectivity index (χ1) is 12.1. The molecule has 1 aliphatic carbocycles. The number of hydrogen-bond acceptors (Lipinski definition) is 4. The van der Waals surface area contributed by atoms with Crippen LogP contribution in [0, 0.1) is 5.92 Å². The molecule has 1 aromatic carbocycles. The van der Waals surface area contributed by atoms with Gasteiger partial charge in [0.25, 0.3) is 5.91 Å². The van der Waals surface area contributed by atoms with Crippen LogP contribution in [0.3, 0.4) is 0 Å². The Morgan fingerprint density at radius 2 is 1.84 bits per heavy atom. The Kier molecular flexibility index (Phi) is 5.16. The Labute approximate surface area is 148 Å². The largest absolute Gasteiger partial charge is 0.494 e. The summed E-state index contributed by atoms with van der Waals surface area (Å²) in [4.78, 5) is 26.4. The SMILES string of the molecule is CCOc1ccc(OCCN2C(=O)N[C@@]3(CCCC[C@@H]3C)C2=O)cc1. The maximum atomic E-state index is 12.8. The highest BCUT2D eigenvalue weighted by Gasteiger charge is 2.54. The van der Waals surface area contributed by atoms with Crippen molar-refractivity contribution in [2.45, 2.75) is 45.1 Å². The number of nitrogens with one attached hydrogen (secondary N) is 1. The number of benzene rings is 1. The summed E-state index contributed by atoms with van der Waals surface area (Å²) < 4.78 is 11.1. The summed E-state index contributed by atoms with van der Waals surface area (Å²) in [5.41, 5.74) is -0.700. The second-order valence-corrected chi connectivity index (χ2v) is 6.76. The van der Waals surface area contributed by atoms with Crippen molar-refractivity contribution < 1.29 is 19.1 Å². The molecule has 6 heteroatoms. The van der Waals surface area contributed by atoms with Crippen molar-refractivity contribution in [3.8, 4) is 11.5 Å². The van der Waals surface area contributed by atoms with Crippen molar-refractivity contribution in [2.75, 3.05) is 19.8 Å². The standard InChI is InChI=1S/C19H26N2O4/c1-3-24-15-7-9-16(10-8-15)25-13-12-21-17(22)19(20-18(21)23)11-5-4-6-14(19)2/h7-10,14H,3-6,11-13H2,1-2H3,(H,20,23)/t14-,19+/m0/s1. The first-order valence-electron chi connectivity index (χ1n) is 9.06. The van der Waals surface area contributed by atoms with Crippen molar-refractivity contribution in [2.24, 2.45) is 5.92 Å². The van der Waals surface area contributed by atoms with Gasteiger partial charge in [-0.25, -0.2) is 4.79 Å². The van der Waals surface area contributed by atoms with Gasteiger partial charge in [-0.1, -0.05) is 19.8 Å². The van der Waals surface area contributed by atoms with Crippen LogP contribution in [0.15, 0.2) is 24.3 Å². The number of hydrogen-bond donors (Lipinski definition) is 1. The van der Waals surface area contributed by atoms with E-state index in [0.29, 0.717) is 12.4 Å². The minimum Gasteiger partial charge on any atom is -0.494 e. The molecule has 136 valence electrons. The number of carbonyl (C=O) groups is 2. The molecule has 1 heterocycles. The number of carbonyl (C=O) groups excluding carboxylic acids is 2. The number of urea groups is 1. The molecule has 1 N–H and O–H groups in total. The van der Waals surface area contributed by atoms with E-state index >= 15 is 0 Å². The number of ether oxygens (including phenoxy) is 2. The summed E-state index contributed by atoms with van der Waals surface area (Å²) in [6, 6.07) is 7.02. The van der Waals surface area contributed by atoms with E-state index in [-0.39, 0.29) is 31.0 Å². The predicted octanol–water partition coefficient (Wildman–Crippen LogP) is 2.96. The van der Waals surface area contributed by atoms with Gasteiger partial charge in [0, 0.05) is 0 Å². The summed E-state index contributed by atoms with van der Waals surface area (Å²) in [6.07, 6.45) is 3.80. The second-order valence-electron chi connectivity index (χ2n) is 6.76. The van der Waals surface area contributed by atoms with Crippen molar-refractivity contribution in [1.82, 2.24) is 10.2 Å². The van der Waals surface area contributed by atoms with Gasteiger partial charge in [-0.2, -0.15) is 0 Å². The van der Waals surface area contributed by atoms with Gasteiger partial charge < -0.3 is 14.8 Å². The zero-order valence-electron chi connectivity index (χ0n) is 14.9. The van der Waals surface area contributed by atoms with E-state index in [1.165, 1.54) is 4.90 Å². The van der Waals surface area contributed by atoms with Crippen molar-refractivity contribution in [3.05, 3.63) is 24.3 Å². The lowest BCUT2D eigenvalue weighted by Crippen LogP contribution is -2.54. The number of imide groups is 1. The van der Waals surface area contributed by atoms with Gasteiger partial charge >= 0.3 is 6.03 Å². The van der Waals surface area contributed by atoms with E-state index in [9.17, 15) is 9.59 Å². The zero-order valence-corrected chi connectivity index (χ0v) is 14.9. The average Bonchev–Trinajstić information content (AvgIpc) is 2.84. The lowest BCUT2D eigenvalue weighted by molar-refractivity contribution is -0.134. The highest BCUT2D eigenvalue weighted by Crippen LogP contribution is 2.38. The third-order valence-corrected chi connectivity index (χ3v) is 5.22. The molecule has 25 heavy (non-hydrogen) atoms. The third-order valence-electron chi connectivity index (χ3n) is 5.22. The number of amides is 3. The highest BCUT2D eigenvalue weighted by atomic mass is 16.5. The van der Waals surface area contributed by atoms with Gasteiger partial charge in [-0.15, -0.1) is 0 Å². The van der Waals surface area contributed by atoms with E-state index in [0.717, 1.165) is 31.4 Å². The first-order valence-corrected chi connectivity index (χ1v) is 9.06. The van der Waals surface area contributed by atoms with E-state index in [4.69, 9.17) is 9.47 Å². The number of rotatable bonds is 6. The van der Waals surface area contributed by atoms with Gasteiger partial charge in [-0.05, 0) is 49.9 Å². The zero-order chi connectivity index (χ0) is 17.9. The highest BCUT2D eigenvalue weighted by molar-refractivity contribution is 6.07. The molecular formula is C19H26N2O4. The molecule has 6 nitrogen and oxygen atoms in total. The maximum absolute atomic E-state index is 12.8. The molecule has 2 fully saturated rings. The fourth-order valence-electron chi connectivity index (χ4n) is 3.75. The Morgan fingerprint density at radius 3 is 2.48 bits per heavy atom. The molecule has 1 spiro atoms. The molecule has 0 aromatic heterocycles. The second kappa shape index (κ2) is 7.33. The summed E-state index contributed by atoms with van der Waals surface area (Å²) in [7, 11) is 0. The average molecular weight is 346 g/mol. The summed E-state index contributed by atoms with van der Waals surface area (Å²) in [6.45, 7) is 5.14. The first kappa shape index (κ1) is 17.6. The molecule has 2 atom stereocenters. The molecule has 1 aliphatic heterocycles. The summed E-state index contributed by atoms with van der Waals surface area (Å²) in [5.74, 6) is 1.56. The van der Waals surface area contributed by atoms with Crippen molar-refractivity contribution in [3.63, 3.8) is 0 Å². The van der Waals surface area contributed by atoms with Crippen LogP contribution in [-0.2, 0) is 4.79 Å². The fourth-order valence-corrected chi connectivity index (χ4v) is 3.75. The topological polar surface area (TPSA) is 67.9 Å². The predicted molar refractivity (Wildman–Crippen MR) is 93.7 cm³/mol. The molecule has 1 aromatic rings. The van der Waals surface area contributed by atoms with Crippen molar-refractivity contribution in [1.29, 1.82) is 0 Å². The van der Waals surface area contributed by atoms with E-state index < -0.39 is 5.54 Å². The quantitative estimate of drug-likeness (QED) is 0.804. The van der Waals surface area contributed by atoms with E-state index in [1.54, 1.807) is 0 Å². The molecule has 0 bridgehead atoms. The van der Waals surface area contributed by atoms with Crippen LogP contribution in [0.1, 0.15) is 39.5 Å². The van der Waals surface area contributed by atoms with Crippen LogP contribution in [0.25, 0.3) is 0 Å². The Morgan fingerprint density at radius 1 is 1.16 bits per heavy atom. The molecule has 0 radical (unpaired) electrons. The molecular weight excluding hydrogens is 320 g/mol. The van der Waals surface area contributed by atoms with Gasteiger partial charge in [0.05, 0.1) is 13.2 Å². The van der Waals surface area contributed by atoms with Gasteiger partial charge in [-0.3, -0.25) is 9.69 Å². The molecule has 0 unspecified atom stereocenters. The maximum Gasteiger partial charge on any atom is 0.325 e. The van der Waals surface area contributed by atoms with Crippen LogP contribution < -0.4 is 14.8 Å². The van der Waals surface area contributed by atoms with Crippen LogP contribution in [0.2, 0.25) is 0 Å². The third kappa shape index (κ3) is 3.43.